The lowest BCUT2D eigenvalue weighted by Crippen LogP contribution is -1.92. The van der Waals surface area contributed by atoms with Gasteiger partial charge in [0.25, 0.3) is 0 Å². The molecule has 2 rings (SSSR count). The molecule has 0 N–H and O–H groups in total. The average molecular weight is 492 g/mol. The maximum absolute atomic E-state index is 6.47. The van der Waals surface area contributed by atoms with Gasteiger partial charge in [0, 0.05) is 8.95 Å². The lowest BCUT2D eigenvalue weighted by atomic mass is 10.1. The largest absolute Gasteiger partial charge is 0.137 e. The van der Waals surface area contributed by atoms with Crippen molar-refractivity contribution in [1.29, 1.82) is 0 Å². The zero-order chi connectivity index (χ0) is 11.7. The van der Waals surface area contributed by atoms with Crippen molar-refractivity contribution in [2.75, 3.05) is 0 Å². The molecule has 0 saturated carbocycles. The standard InChI is InChI=1S/C11H6Br2ClIS/c12-7-1-2-9(13)8(4-7)11(14)6-3-10(15)16-5-6/h1-5,11H. The summed E-state index contributed by atoms with van der Waals surface area (Å²) >= 11 is 17.5. The van der Waals surface area contributed by atoms with Crippen molar-refractivity contribution >= 4 is 77.4 Å². The molecule has 0 bridgehead atoms. The third kappa shape index (κ3) is 3.02. The molecule has 2 aromatic rings. The monoisotopic (exact) mass is 490 g/mol. The molecule has 1 atom stereocenters. The zero-order valence-corrected chi connectivity index (χ0v) is 14.8. The summed E-state index contributed by atoms with van der Waals surface area (Å²) in [4.78, 5) is 0. The lowest BCUT2D eigenvalue weighted by molar-refractivity contribution is 1.14. The van der Waals surface area contributed by atoms with Crippen LogP contribution in [0, 0.1) is 2.88 Å². The number of benzene rings is 1. The van der Waals surface area contributed by atoms with E-state index in [9.17, 15) is 0 Å². The first-order valence-corrected chi connectivity index (χ1v) is 8.39. The molecule has 0 spiro atoms. The third-order valence-electron chi connectivity index (χ3n) is 2.11. The van der Waals surface area contributed by atoms with Crippen molar-refractivity contribution in [3.8, 4) is 0 Å². The summed E-state index contributed by atoms with van der Waals surface area (Å²) in [5, 5.41) is 2.00. The Morgan fingerprint density at radius 3 is 2.62 bits per heavy atom. The Bertz CT molecular complexity index is 512. The topological polar surface area (TPSA) is 0 Å². The Balaban J connectivity index is 2.40. The van der Waals surface area contributed by atoms with E-state index >= 15 is 0 Å². The average Bonchev–Trinajstić information content (AvgIpc) is 2.67. The lowest BCUT2D eigenvalue weighted by Gasteiger charge is -2.10. The van der Waals surface area contributed by atoms with Crippen LogP contribution >= 0.6 is 77.4 Å². The van der Waals surface area contributed by atoms with Gasteiger partial charge in [0.1, 0.15) is 0 Å². The second kappa shape index (κ2) is 5.69. The number of halogens is 4. The highest BCUT2D eigenvalue weighted by molar-refractivity contribution is 14.1. The number of hydrogen-bond acceptors (Lipinski definition) is 1. The Morgan fingerprint density at radius 1 is 1.25 bits per heavy atom. The van der Waals surface area contributed by atoms with E-state index < -0.39 is 0 Å². The first-order chi connectivity index (χ1) is 7.58. The molecule has 84 valence electrons. The fraction of sp³-hybridized carbons (Fsp3) is 0.0909. The van der Waals surface area contributed by atoms with Crippen LogP contribution in [0.2, 0.25) is 0 Å². The van der Waals surface area contributed by atoms with Gasteiger partial charge in [-0.25, -0.2) is 0 Å². The van der Waals surface area contributed by atoms with Gasteiger partial charge in [0.05, 0.1) is 8.26 Å². The van der Waals surface area contributed by atoms with E-state index in [0.717, 1.165) is 20.1 Å². The molecule has 0 aliphatic carbocycles. The van der Waals surface area contributed by atoms with Gasteiger partial charge in [-0.1, -0.05) is 31.9 Å². The molecule has 1 heterocycles. The highest BCUT2D eigenvalue weighted by Crippen LogP contribution is 2.37. The molecule has 0 aliphatic rings. The SMILES string of the molecule is ClC(c1csc(I)c1)c1cc(Br)ccc1Br. The molecule has 0 nitrogen and oxygen atoms in total. The van der Waals surface area contributed by atoms with Crippen LogP contribution in [0.25, 0.3) is 0 Å². The van der Waals surface area contributed by atoms with Gasteiger partial charge < -0.3 is 0 Å². The van der Waals surface area contributed by atoms with Crippen molar-refractivity contribution in [3.63, 3.8) is 0 Å². The molecule has 1 aromatic carbocycles. The van der Waals surface area contributed by atoms with Crippen LogP contribution in [0.15, 0.2) is 38.6 Å². The highest BCUT2D eigenvalue weighted by Gasteiger charge is 2.15. The van der Waals surface area contributed by atoms with Crippen LogP contribution in [0.4, 0.5) is 0 Å². The second-order valence-electron chi connectivity index (χ2n) is 3.21. The van der Waals surface area contributed by atoms with E-state index in [4.69, 9.17) is 11.6 Å². The quantitative estimate of drug-likeness (QED) is 0.346. The Kier molecular flexibility index (Phi) is 4.74. The summed E-state index contributed by atoms with van der Waals surface area (Å²) < 4.78 is 3.34. The van der Waals surface area contributed by atoms with Crippen molar-refractivity contribution in [1.82, 2.24) is 0 Å². The number of rotatable bonds is 2. The molecule has 1 aromatic heterocycles. The molecule has 0 amide bonds. The molecule has 16 heavy (non-hydrogen) atoms. The maximum atomic E-state index is 6.47. The summed E-state index contributed by atoms with van der Waals surface area (Å²) in [5.74, 6) is 0. The van der Waals surface area contributed by atoms with Gasteiger partial charge in [0.2, 0.25) is 0 Å². The molecule has 0 fully saturated rings. The van der Waals surface area contributed by atoms with E-state index in [1.807, 2.05) is 18.2 Å². The van der Waals surface area contributed by atoms with Crippen molar-refractivity contribution in [3.05, 3.63) is 52.6 Å². The highest BCUT2D eigenvalue weighted by atomic mass is 127. The fourth-order valence-corrected chi connectivity index (χ4v) is 4.11. The first kappa shape index (κ1) is 13.3. The maximum Gasteiger partial charge on any atom is 0.0855 e. The Labute approximate surface area is 134 Å². The third-order valence-corrected chi connectivity index (χ3v) is 5.62. The van der Waals surface area contributed by atoms with Gasteiger partial charge in [-0.3, -0.25) is 0 Å². The number of alkyl halides is 1. The summed E-state index contributed by atoms with van der Waals surface area (Å²) in [7, 11) is 0. The number of hydrogen-bond donors (Lipinski definition) is 0. The van der Waals surface area contributed by atoms with Crippen LogP contribution in [0.5, 0.6) is 0 Å². The summed E-state index contributed by atoms with van der Waals surface area (Å²) in [6.07, 6.45) is 0. The molecular weight excluding hydrogens is 486 g/mol. The molecule has 1 unspecified atom stereocenters. The van der Waals surface area contributed by atoms with Crippen molar-refractivity contribution < 1.29 is 0 Å². The minimum absolute atomic E-state index is 0.105. The van der Waals surface area contributed by atoms with E-state index in [1.165, 1.54) is 2.88 Å². The van der Waals surface area contributed by atoms with Crippen LogP contribution in [0.1, 0.15) is 16.5 Å². The second-order valence-corrected chi connectivity index (χ2v) is 8.22. The fourth-order valence-electron chi connectivity index (χ4n) is 1.34. The van der Waals surface area contributed by atoms with E-state index in [-0.39, 0.29) is 5.38 Å². The van der Waals surface area contributed by atoms with Crippen LogP contribution in [0.3, 0.4) is 0 Å². The van der Waals surface area contributed by atoms with E-state index in [0.29, 0.717) is 0 Å². The Hall–Kier alpha value is 0.900. The molecule has 0 saturated heterocycles. The van der Waals surface area contributed by atoms with E-state index in [1.54, 1.807) is 11.3 Å². The molecular formula is C11H6Br2ClIS. The molecule has 5 heteroatoms. The molecule has 0 radical (unpaired) electrons. The van der Waals surface area contributed by atoms with Crippen molar-refractivity contribution in [2.24, 2.45) is 0 Å². The summed E-state index contributed by atoms with van der Waals surface area (Å²) in [5.41, 5.74) is 2.24. The molecule has 0 aliphatic heterocycles. The van der Waals surface area contributed by atoms with Crippen LogP contribution in [-0.2, 0) is 0 Å². The number of thiophene rings is 1. The van der Waals surface area contributed by atoms with Gasteiger partial charge in [-0.05, 0) is 63.4 Å². The van der Waals surface area contributed by atoms with Crippen LogP contribution < -0.4 is 0 Å². The van der Waals surface area contributed by atoms with Gasteiger partial charge in [-0.15, -0.1) is 22.9 Å². The van der Waals surface area contributed by atoms with Crippen LogP contribution in [-0.4, -0.2) is 0 Å². The Morgan fingerprint density at radius 2 is 2.00 bits per heavy atom. The van der Waals surface area contributed by atoms with Crippen molar-refractivity contribution in [2.45, 2.75) is 5.38 Å². The summed E-state index contributed by atoms with van der Waals surface area (Å²) in [6.45, 7) is 0. The minimum atomic E-state index is -0.105. The summed E-state index contributed by atoms with van der Waals surface area (Å²) in [6, 6.07) is 8.17. The van der Waals surface area contributed by atoms with Gasteiger partial charge in [0.15, 0.2) is 0 Å². The predicted molar refractivity (Wildman–Crippen MR) is 86.6 cm³/mol. The smallest absolute Gasteiger partial charge is 0.0855 e. The zero-order valence-electron chi connectivity index (χ0n) is 7.88. The predicted octanol–water partition coefficient (Wildman–Crippen LogP) is 6.21. The van der Waals surface area contributed by atoms with Gasteiger partial charge >= 0.3 is 0 Å². The first-order valence-electron chi connectivity index (χ1n) is 4.41. The minimum Gasteiger partial charge on any atom is -0.137 e. The normalized spacial score (nSPS) is 12.8. The van der Waals surface area contributed by atoms with Gasteiger partial charge in [-0.2, -0.15) is 0 Å². The van der Waals surface area contributed by atoms with E-state index in [2.05, 4.69) is 65.9 Å².